The fourth-order valence-corrected chi connectivity index (χ4v) is 6.96. The van der Waals surface area contributed by atoms with E-state index >= 15 is 0 Å². The summed E-state index contributed by atoms with van der Waals surface area (Å²) >= 11 is 0. The van der Waals surface area contributed by atoms with E-state index in [1.54, 1.807) is 5.57 Å². The Labute approximate surface area is 211 Å². The highest BCUT2D eigenvalue weighted by Gasteiger charge is 2.44. The summed E-state index contributed by atoms with van der Waals surface area (Å²) in [5.74, 6) is -1.56. The molecule has 0 aromatic rings. The third kappa shape index (κ3) is 5.68. The predicted octanol–water partition coefficient (Wildman–Crippen LogP) is 6.07. The molecule has 194 valence electrons. The summed E-state index contributed by atoms with van der Waals surface area (Å²) in [6.07, 6.45) is 16.6. The van der Waals surface area contributed by atoms with Crippen molar-refractivity contribution in [1.82, 2.24) is 0 Å². The Kier molecular flexibility index (Phi) is 7.80. The number of aliphatic hydroxyl groups excluding tert-OH is 1. The van der Waals surface area contributed by atoms with Crippen LogP contribution in [-0.4, -0.2) is 40.3 Å². The van der Waals surface area contributed by atoms with E-state index in [4.69, 9.17) is 9.47 Å². The van der Waals surface area contributed by atoms with Crippen LogP contribution in [0.1, 0.15) is 97.8 Å². The molecule has 4 rings (SSSR count). The molecule has 0 bridgehead atoms. The SMILES string of the molecule is C=C1C(=CC=C2CCC[C@]3(C)C(CC)=CC[C@@H]23)C[C@](O)(OCC(=O)OC2(C)CCCCC2)C[C@@H]1O. The lowest BCUT2D eigenvalue weighted by Crippen LogP contribution is -2.44. The first kappa shape index (κ1) is 26.4. The second-order valence-corrected chi connectivity index (χ2v) is 11.7. The van der Waals surface area contributed by atoms with Crippen molar-refractivity contribution in [2.24, 2.45) is 11.3 Å². The van der Waals surface area contributed by atoms with Crippen LogP contribution in [0, 0.1) is 11.3 Å². The van der Waals surface area contributed by atoms with Gasteiger partial charge in [0.15, 0.2) is 5.79 Å². The molecule has 5 nitrogen and oxygen atoms in total. The van der Waals surface area contributed by atoms with Gasteiger partial charge in [-0.05, 0) is 87.2 Å². The molecule has 0 aromatic carbocycles. The van der Waals surface area contributed by atoms with Gasteiger partial charge in [0.05, 0.1) is 6.10 Å². The highest BCUT2D eigenvalue weighted by molar-refractivity contribution is 5.71. The average Bonchev–Trinajstić information content (AvgIpc) is 3.16. The van der Waals surface area contributed by atoms with E-state index in [2.05, 4.69) is 32.6 Å². The molecular formula is C30H44O5. The number of ether oxygens (including phenoxy) is 2. The monoisotopic (exact) mass is 484 g/mol. The van der Waals surface area contributed by atoms with E-state index in [9.17, 15) is 15.0 Å². The second kappa shape index (κ2) is 10.4. The van der Waals surface area contributed by atoms with Gasteiger partial charge < -0.3 is 19.7 Å². The molecule has 2 N–H and O–H groups in total. The zero-order valence-corrected chi connectivity index (χ0v) is 21.9. The number of esters is 1. The van der Waals surface area contributed by atoms with E-state index in [0.717, 1.165) is 50.5 Å². The third-order valence-electron chi connectivity index (χ3n) is 9.12. The number of allylic oxidation sites excluding steroid dienone is 5. The lowest BCUT2D eigenvalue weighted by atomic mass is 9.64. The van der Waals surface area contributed by atoms with Gasteiger partial charge in [-0.3, -0.25) is 0 Å². The quantitative estimate of drug-likeness (QED) is 0.272. The van der Waals surface area contributed by atoms with Gasteiger partial charge in [-0.2, -0.15) is 0 Å². The number of rotatable bonds is 6. The van der Waals surface area contributed by atoms with Crippen molar-refractivity contribution in [3.63, 3.8) is 0 Å². The summed E-state index contributed by atoms with van der Waals surface area (Å²) in [6.45, 7) is 10.4. The van der Waals surface area contributed by atoms with E-state index < -0.39 is 23.5 Å². The van der Waals surface area contributed by atoms with Crippen LogP contribution in [0.2, 0.25) is 0 Å². The van der Waals surface area contributed by atoms with Crippen LogP contribution in [0.4, 0.5) is 0 Å². The van der Waals surface area contributed by atoms with Gasteiger partial charge in [0.2, 0.25) is 0 Å². The summed E-state index contributed by atoms with van der Waals surface area (Å²) in [6, 6.07) is 0. The fourth-order valence-electron chi connectivity index (χ4n) is 6.96. The van der Waals surface area contributed by atoms with Crippen LogP contribution in [0.3, 0.4) is 0 Å². The minimum absolute atomic E-state index is 0.00519. The topological polar surface area (TPSA) is 76.0 Å². The molecule has 4 aliphatic rings. The Morgan fingerprint density at radius 1 is 1.17 bits per heavy atom. The number of carbonyl (C=O) groups is 1. The summed E-state index contributed by atoms with van der Waals surface area (Å²) in [7, 11) is 0. The van der Waals surface area contributed by atoms with Crippen LogP contribution < -0.4 is 0 Å². The van der Waals surface area contributed by atoms with Crippen LogP contribution >= 0.6 is 0 Å². The Bertz CT molecular complexity index is 921. The second-order valence-electron chi connectivity index (χ2n) is 11.7. The van der Waals surface area contributed by atoms with E-state index in [-0.39, 0.29) is 24.9 Å². The zero-order chi connectivity index (χ0) is 25.3. The molecule has 0 unspecified atom stereocenters. The molecule has 35 heavy (non-hydrogen) atoms. The van der Waals surface area contributed by atoms with Crippen molar-refractivity contribution in [3.8, 4) is 0 Å². The van der Waals surface area contributed by atoms with Crippen LogP contribution in [-0.2, 0) is 14.3 Å². The normalized spacial score (nSPS) is 37.3. The molecule has 0 aliphatic heterocycles. The minimum atomic E-state index is -1.62. The average molecular weight is 485 g/mol. The molecule has 3 saturated carbocycles. The maximum atomic E-state index is 12.5. The maximum absolute atomic E-state index is 12.5. The maximum Gasteiger partial charge on any atom is 0.332 e. The van der Waals surface area contributed by atoms with Gasteiger partial charge in [0.25, 0.3) is 0 Å². The molecule has 0 spiro atoms. The van der Waals surface area contributed by atoms with Gasteiger partial charge in [0, 0.05) is 12.8 Å². The van der Waals surface area contributed by atoms with Crippen molar-refractivity contribution in [3.05, 3.63) is 47.1 Å². The predicted molar refractivity (Wildman–Crippen MR) is 137 cm³/mol. The van der Waals surface area contributed by atoms with Gasteiger partial charge in [0.1, 0.15) is 12.2 Å². The highest BCUT2D eigenvalue weighted by Crippen LogP contribution is 2.55. The number of carbonyl (C=O) groups excluding carboxylic acids is 1. The summed E-state index contributed by atoms with van der Waals surface area (Å²) < 4.78 is 11.4. The standard InChI is InChI=1S/C30H44O5/c1-5-24-13-14-25-22(10-9-17-29(24,25)4)11-12-23-18-30(33,19-26(31)21(23)2)34-20-27(32)35-28(3)15-7-6-8-16-28/h11-13,25-26,31,33H,2,5-10,14-20H2,1,3-4H3/t25-,26-,29+,30-/m0/s1. The van der Waals surface area contributed by atoms with Gasteiger partial charge in [-0.1, -0.05) is 56.2 Å². The van der Waals surface area contributed by atoms with Gasteiger partial charge >= 0.3 is 5.97 Å². The number of aliphatic hydroxyl groups is 2. The molecule has 5 heteroatoms. The largest absolute Gasteiger partial charge is 0.458 e. The first-order chi connectivity index (χ1) is 16.6. The Morgan fingerprint density at radius 3 is 2.63 bits per heavy atom. The lowest BCUT2D eigenvalue weighted by Gasteiger charge is -2.41. The zero-order valence-electron chi connectivity index (χ0n) is 21.9. The fraction of sp³-hybridized carbons (Fsp3) is 0.700. The lowest BCUT2D eigenvalue weighted by molar-refractivity contribution is -0.229. The van der Waals surface area contributed by atoms with Crippen LogP contribution in [0.25, 0.3) is 0 Å². The molecule has 3 fully saturated rings. The molecule has 0 aromatic heterocycles. The molecule has 4 atom stereocenters. The van der Waals surface area contributed by atoms with Crippen molar-refractivity contribution in [2.45, 2.75) is 115 Å². The van der Waals surface area contributed by atoms with Crippen LogP contribution in [0.5, 0.6) is 0 Å². The Hall–Kier alpha value is -1.69. The number of hydrogen-bond donors (Lipinski definition) is 2. The third-order valence-corrected chi connectivity index (χ3v) is 9.12. The highest BCUT2D eigenvalue weighted by atomic mass is 16.6. The van der Waals surface area contributed by atoms with E-state index in [1.165, 1.54) is 24.8 Å². The van der Waals surface area contributed by atoms with Crippen molar-refractivity contribution in [1.29, 1.82) is 0 Å². The van der Waals surface area contributed by atoms with Gasteiger partial charge in [-0.25, -0.2) is 4.79 Å². The number of fused-ring (bicyclic) bond motifs is 1. The van der Waals surface area contributed by atoms with E-state index in [1.807, 2.05) is 13.0 Å². The molecular weight excluding hydrogens is 440 g/mol. The first-order valence-electron chi connectivity index (χ1n) is 13.6. The molecule has 0 saturated heterocycles. The summed E-state index contributed by atoms with van der Waals surface area (Å²) in [4.78, 5) is 12.5. The van der Waals surface area contributed by atoms with Crippen molar-refractivity contribution in [2.75, 3.05) is 6.61 Å². The number of hydrogen-bond acceptors (Lipinski definition) is 5. The molecule has 0 radical (unpaired) electrons. The smallest absolute Gasteiger partial charge is 0.332 e. The Balaban J connectivity index is 1.42. The van der Waals surface area contributed by atoms with Gasteiger partial charge in [-0.15, -0.1) is 0 Å². The van der Waals surface area contributed by atoms with Crippen molar-refractivity contribution >= 4 is 5.97 Å². The van der Waals surface area contributed by atoms with Crippen molar-refractivity contribution < 1.29 is 24.5 Å². The van der Waals surface area contributed by atoms with E-state index in [0.29, 0.717) is 11.5 Å². The molecule has 4 aliphatic carbocycles. The summed E-state index contributed by atoms with van der Waals surface area (Å²) in [5.41, 5.74) is 4.22. The molecule has 0 heterocycles. The Morgan fingerprint density at radius 2 is 1.91 bits per heavy atom. The summed E-state index contributed by atoms with van der Waals surface area (Å²) in [5, 5.41) is 21.8. The first-order valence-corrected chi connectivity index (χ1v) is 13.6. The minimum Gasteiger partial charge on any atom is -0.458 e. The molecule has 0 amide bonds. The van der Waals surface area contributed by atoms with Crippen LogP contribution in [0.15, 0.2) is 47.1 Å².